The molecule has 24 heavy (non-hydrogen) atoms. The first-order valence-electron chi connectivity index (χ1n) is 8.00. The van der Waals surface area contributed by atoms with E-state index in [2.05, 4.69) is 66.7 Å². The molecule has 0 aliphatic rings. The predicted molar refractivity (Wildman–Crippen MR) is 102 cm³/mol. The lowest BCUT2D eigenvalue weighted by atomic mass is 10.0. The van der Waals surface area contributed by atoms with Crippen LogP contribution < -0.4 is 10.9 Å². The summed E-state index contributed by atoms with van der Waals surface area (Å²) >= 11 is 0. The molecule has 0 heterocycles. The Morgan fingerprint density at radius 2 is 1.08 bits per heavy atom. The van der Waals surface area contributed by atoms with Crippen molar-refractivity contribution in [1.29, 1.82) is 0 Å². The summed E-state index contributed by atoms with van der Waals surface area (Å²) in [5, 5.41) is 4.21. The molecular weight excluding hydrogens is 292 g/mol. The standard InChI is InChI=1S/C22H18N2/c23-24(21-8-2-1-3-9-21)22-14-12-18(13-15-22)20-11-10-17-6-4-5-7-19(17)16-20/h1-16H,23H2. The van der Waals surface area contributed by atoms with E-state index in [1.54, 1.807) is 5.01 Å². The van der Waals surface area contributed by atoms with Gasteiger partial charge in [-0.15, -0.1) is 0 Å². The van der Waals surface area contributed by atoms with Gasteiger partial charge in [-0.25, -0.2) is 5.84 Å². The second-order valence-corrected chi connectivity index (χ2v) is 5.81. The minimum Gasteiger partial charge on any atom is -0.280 e. The van der Waals surface area contributed by atoms with Gasteiger partial charge in [-0.05, 0) is 52.2 Å². The van der Waals surface area contributed by atoms with E-state index in [1.807, 2.05) is 30.3 Å². The summed E-state index contributed by atoms with van der Waals surface area (Å²) in [4.78, 5) is 0. The molecule has 0 aliphatic heterocycles. The van der Waals surface area contributed by atoms with Gasteiger partial charge in [0.1, 0.15) is 0 Å². The molecule has 4 aromatic rings. The zero-order chi connectivity index (χ0) is 16.4. The molecule has 0 radical (unpaired) electrons. The highest BCUT2D eigenvalue weighted by Crippen LogP contribution is 2.28. The SMILES string of the molecule is NN(c1ccccc1)c1ccc(-c2ccc3ccccc3c2)cc1. The number of hydrazine groups is 1. The van der Waals surface area contributed by atoms with Crippen LogP contribution in [0.1, 0.15) is 0 Å². The highest BCUT2D eigenvalue weighted by molar-refractivity contribution is 5.87. The molecule has 0 unspecified atom stereocenters. The van der Waals surface area contributed by atoms with Crippen LogP contribution >= 0.6 is 0 Å². The highest BCUT2D eigenvalue weighted by Gasteiger charge is 2.05. The molecule has 2 nitrogen and oxygen atoms in total. The third-order valence-corrected chi connectivity index (χ3v) is 4.26. The molecule has 0 fully saturated rings. The minimum atomic E-state index is 0.964. The molecule has 0 bridgehead atoms. The fourth-order valence-corrected chi connectivity index (χ4v) is 2.92. The molecule has 116 valence electrons. The third kappa shape index (κ3) is 2.75. The first kappa shape index (κ1) is 14.5. The molecule has 0 aromatic heterocycles. The van der Waals surface area contributed by atoms with Crippen LogP contribution in [0.15, 0.2) is 97.1 Å². The number of anilines is 2. The molecule has 2 heteroatoms. The summed E-state index contributed by atoms with van der Waals surface area (Å²) in [6, 6.07) is 33.2. The maximum absolute atomic E-state index is 6.21. The number of hydrogen-bond donors (Lipinski definition) is 1. The van der Waals surface area contributed by atoms with Crippen molar-refractivity contribution in [2.45, 2.75) is 0 Å². The van der Waals surface area contributed by atoms with Crippen molar-refractivity contribution in [2.24, 2.45) is 5.84 Å². The smallest absolute Gasteiger partial charge is 0.0575 e. The van der Waals surface area contributed by atoms with E-state index in [0.29, 0.717) is 0 Å². The summed E-state index contributed by atoms with van der Waals surface area (Å²) in [5.41, 5.74) is 4.33. The Hall–Kier alpha value is -3.10. The summed E-state index contributed by atoms with van der Waals surface area (Å²) in [7, 11) is 0. The van der Waals surface area contributed by atoms with Crippen LogP contribution in [0, 0.1) is 0 Å². The monoisotopic (exact) mass is 310 g/mol. The summed E-state index contributed by atoms with van der Waals surface area (Å²) < 4.78 is 0. The number of nitrogens with two attached hydrogens (primary N) is 1. The quantitative estimate of drug-likeness (QED) is 0.399. The Bertz CT molecular complexity index is 960. The topological polar surface area (TPSA) is 29.3 Å². The zero-order valence-corrected chi connectivity index (χ0v) is 13.3. The van der Waals surface area contributed by atoms with E-state index in [0.717, 1.165) is 11.4 Å². The summed E-state index contributed by atoms with van der Waals surface area (Å²) in [5.74, 6) is 6.21. The lowest BCUT2D eigenvalue weighted by molar-refractivity contribution is 1.09. The molecule has 0 spiro atoms. The van der Waals surface area contributed by atoms with Gasteiger partial charge < -0.3 is 0 Å². The average Bonchev–Trinajstić information content (AvgIpc) is 2.68. The van der Waals surface area contributed by atoms with Crippen LogP contribution in [-0.2, 0) is 0 Å². The number of para-hydroxylation sites is 1. The lowest BCUT2D eigenvalue weighted by Gasteiger charge is -2.19. The first-order valence-corrected chi connectivity index (χ1v) is 8.00. The van der Waals surface area contributed by atoms with Crippen molar-refractivity contribution in [1.82, 2.24) is 0 Å². The molecule has 4 aromatic carbocycles. The van der Waals surface area contributed by atoms with Crippen molar-refractivity contribution < 1.29 is 0 Å². The molecule has 0 amide bonds. The van der Waals surface area contributed by atoms with Gasteiger partial charge in [0.05, 0.1) is 11.4 Å². The van der Waals surface area contributed by atoms with Gasteiger partial charge in [0.25, 0.3) is 0 Å². The van der Waals surface area contributed by atoms with Crippen LogP contribution in [-0.4, -0.2) is 0 Å². The first-order chi connectivity index (χ1) is 11.8. The molecular formula is C22H18N2. The zero-order valence-electron chi connectivity index (χ0n) is 13.3. The fraction of sp³-hybridized carbons (Fsp3) is 0. The van der Waals surface area contributed by atoms with Gasteiger partial charge in [0.2, 0.25) is 0 Å². The number of benzene rings is 4. The van der Waals surface area contributed by atoms with Crippen molar-refractivity contribution in [3.05, 3.63) is 97.1 Å². The number of hydrogen-bond acceptors (Lipinski definition) is 2. The second-order valence-electron chi connectivity index (χ2n) is 5.81. The van der Waals surface area contributed by atoms with Crippen LogP contribution in [0.4, 0.5) is 11.4 Å². The molecule has 0 saturated carbocycles. The van der Waals surface area contributed by atoms with Crippen molar-refractivity contribution in [3.8, 4) is 11.1 Å². The van der Waals surface area contributed by atoms with E-state index in [4.69, 9.17) is 5.84 Å². The van der Waals surface area contributed by atoms with Crippen molar-refractivity contribution >= 4 is 22.1 Å². The van der Waals surface area contributed by atoms with E-state index in [1.165, 1.54) is 21.9 Å². The molecule has 0 atom stereocenters. The third-order valence-electron chi connectivity index (χ3n) is 4.26. The van der Waals surface area contributed by atoms with Crippen LogP contribution in [0.5, 0.6) is 0 Å². The normalized spacial score (nSPS) is 10.7. The van der Waals surface area contributed by atoms with Gasteiger partial charge in [-0.1, -0.05) is 66.7 Å². The van der Waals surface area contributed by atoms with E-state index in [-0.39, 0.29) is 0 Å². The molecule has 4 rings (SSSR count). The number of rotatable bonds is 3. The minimum absolute atomic E-state index is 0.964. The average molecular weight is 310 g/mol. The van der Waals surface area contributed by atoms with E-state index < -0.39 is 0 Å². The Kier molecular flexibility index (Phi) is 3.73. The summed E-state index contributed by atoms with van der Waals surface area (Å²) in [6.45, 7) is 0. The van der Waals surface area contributed by atoms with Crippen LogP contribution in [0.25, 0.3) is 21.9 Å². The van der Waals surface area contributed by atoms with Gasteiger partial charge in [0, 0.05) is 0 Å². The number of nitrogens with zero attached hydrogens (tertiary/aromatic N) is 1. The van der Waals surface area contributed by atoms with Gasteiger partial charge in [0.15, 0.2) is 0 Å². The van der Waals surface area contributed by atoms with Crippen molar-refractivity contribution in [3.63, 3.8) is 0 Å². The van der Waals surface area contributed by atoms with Crippen molar-refractivity contribution in [2.75, 3.05) is 5.01 Å². The Balaban J connectivity index is 1.65. The number of fused-ring (bicyclic) bond motifs is 1. The fourth-order valence-electron chi connectivity index (χ4n) is 2.92. The molecule has 2 N–H and O–H groups in total. The van der Waals surface area contributed by atoms with Crippen LogP contribution in [0.2, 0.25) is 0 Å². The van der Waals surface area contributed by atoms with Gasteiger partial charge >= 0.3 is 0 Å². The summed E-state index contributed by atoms with van der Waals surface area (Å²) in [6.07, 6.45) is 0. The van der Waals surface area contributed by atoms with E-state index >= 15 is 0 Å². The maximum atomic E-state index is 6.21. The highest BCUT2D eigenvalue weighted by atomic mass is 15.4. The van der Waals surface area contributed by atoms with Gasteiger partial charge in [-0.3, -0.25) is 5.01 Å². The predicted octanol–water partition coefficient (Wildman–Crippen LogP) is 5.52. The molecule has 0 saturated heterocycles. The largest absolute Gasteiger partial charge is 0.280 e. The molecule has 0 aliphatic carbocycles. The maximum Gasteiger partial charge on any atom is 0.0575 e. The van der Waals surface area contributed by atoms with Gasteiger partial charge in [-0.2, -0.15) is 0 Å². The lowest BCUT2D eigenvalue weighted by Crippen LogP contribution is -2.24. The second kappa shape index (κ2) is 6.19. The Morgan fingerprint density at radius 1 is 0.500 bits per heavy atom. The van der Waals surface area contributed by atoms with Crippen LogP contribution in [0.3, 0.4) is 0 Å². The Morgan fingerprint density at radius 3 is 1.83 bits per heavy atom. The Labute approximate surface area is 141 Å². The van der Waals surface area contributed by atoms with E-state index in [9.17, 15) is 0 Å².